The van der Waals surface area contributed by atoms with Gasteiger partial charge >= 0.3 is 5.97 Å². The zero-order valence-electron chi connectivity index (χ0n) is 11.7. The summed E-state index contributed by atoms with van der Waals surface area (Å²) in [5.74, 6) is 1.33. The molecule has 0 aliphatic heterocycles. The second-order valence-corrected chi connectivity index (χ2v) is 5.31. The van der Waals surface area contributed by atoms with Crippen molar-refractivity contribution in [2.45, 2.75) is 64.7 Å². The fourth-order valence-electron chi connectivity index (χ4n) is 2.95. The highest BCUT2D eigenvalue weighted by Crippen LogP contribution is 2.34. The Morgan fingerprint density at radius 3 is 2.67 bits per heavy atom. The monoisotopic (exact) mass is 254 g/mol. The fraction of sp³-hybridized carbons (Fsp3) is 0.867. The van der Waals surface area contributed by atoms with Crippen LogP contribution in [0.1, 0.15) is 64.7 Å². The second-order valence-electron chi connectivity index (χ2n) is 5.31. The van der Waals surface area contributed by atoms with Crippen LogP contribution in [0.3, 0.4) is 0 Å². The van der Waals surface area contributed by atoms with Gasteiger partial charge in [0.1, 0.15) is 5.78 Å². The van der Waals surface area contributed by atoms with Crippen LogP contribution in [0, 0.1) is 11.8 Å². The van der Waals surface area contributed by atoms with E-state index in [1.807, 2.05) is 0 Å². The van der Waals surface area contributed by atoms with Crippen LogP contribution in [0.15, 0.2) is 0 Å². The van der Waals surface area contributed by atoms with Crippen molar-refractivity contribution in [3.8, 4) is 0 Å². The maximum absolute atomic E-state index is 11.7. The standard InChI is InChI=1S/C15H26O3/c1-3-12-10-11-14(16)13(12)8-6-4-5-7-9-15(17)18-2/h12-13H,3-11H2,1-2H3. The SMILES string of the molecule is CCC1CCC(=O)C1CCCCCCC(=O)OC. The van der Waals surface area contributed by atoms with E-state index in [2.05, 4.69) is 11.7 Å². The predicted octanol–water partition coefficient (Wildman–Crippen LogP) is 3.51. The van der Waals surface area contributed by atoms with Gasteiger partial charge in [-0.05, 0) is 25.2 Å². The van der Waals surface area contributed by atoms with Crippen molar-refractivity contribution in [3.63, 3.8) is 0 Å². The molecule has 0 amide bonds. The summed E-state index contributed by atoms with van der Waals surface area (Å²) in [4.78, 5) is 22.6. The molecule has 0 N–H and O–H groups in total. The zero-order valence-corrected chi connectivity index (χ0v) is 11.7. The Bertz CT molecular complexity index is 273. The average molecular weight is 254 g/mol. The number of unbranched alkanes of at least 4 members (excludes halogenated alkanes) is 3. The number of Topliss-reactive ketones (excluding diaryl/α,β-unsaturated/α-hetero) is 1. The molecule has 1 rings (SSSR count). The summed E-state index contributed by atoms with van der Waals surface area (Å²) in [6.45, 7) is 2.19. The third-order valence-corrected chi connectivity index (χ3v) is 4.14. The molecule has 0 saturated heterocycles. The molecule has 0 aromatic carbocycles. The molecule has 2 unspecified atom stereocenters. The van der Waals surface area contributed by atoms with Crippen molar-refractivity contribution in [3.05, 3.63) is 0 Å². The van der Waals surface area contributed by atoms with Crippen LogP contribution in [0.4, 0.5) is 0 Å². The molecule has 2 atom stereocenters. The van der Waals surface area contributed by atoms with Crippen LogP contribution in [0.25, 0.3) is 0 Å². The number of hydrogen-bond donors (Lipinski definition) is 0. The van der Waals surface area contributed by atoms with E-state index in [4.69, 9.17) is 0 Å². The molecule has 1 fully saturated rings. The maximum Gasteiger partial charge on any atom is 0.305 e. The molecule has 104 valence electrons. The van der Waals surface area contributed by atoms with E-state index >= 15 is 0 Å². The summed E-state index contributed by atoms with van der Waals surface area (Å²) in [7, 11) is 1.43. The summed E-state index contributed by atoms with van der Waals surface area (Å²) in [5, 5.41) is 0. The van der Waals surface area contributed by atoms with E-state index in [9.17, 15) is 9.59 Å². The van der Waals surface area contributed by atoms with E-state index < -0.39 is 0 Å². The van der Waals surface area contributed by atoms with Gasteiger partial charge in [0.05, 0.1) is 7.11 Å². The summed E-state index contributed by atoms with van der Waals surface area (Å²) in [5.41, 5.74) is 0. The molecule has 1 aliphatic rings. The minimum absolute atomic E-state index is 0.119. The highest BCUT2D eigenvalue weighted by atomic mass is 16.5. The van der Waals surface area contributed by atoms with Crippen LogP contribution in [0.2, 0.25) is 0 Å². The average Bonchev–Trinajstić information content (AvgIpc) is 2.74. The van der Waals surface area contributed by atoms with Gasteiger partial charge < -0.3 is 4.74 Å². The fourth-order valence-corrected chi connectivity index (χ4v) is 2.95. The third-order valence-electron chi connectivity index (χ3n) is 4.14. The first-order valence-electron chi connectivity index (χ1n) is 7.28. The van der Waals surface area contributed by atoms with Crippen molar-refractivity contribution in [1.82, 2.24) is 0 Å². The minimum Gasteiger partial charge on any atom is -0.469 e. The van der Waals surface area contributed by atoms with E-state index in [1.165, 1.54) is 7.11 Å². The van der Waals surface area contributed by atoms with Gasteiger partial charge in [0.15, 0.2) is 0 Å². The number of carbonyl (C=O) groups is 2. The number of hydrogen-bond acceptors (Lipinski definition) is 3. The van der Waals surface area contributed by atoms with Gasteiger partial charge in [-0.1, -0.05) is 32.6 Å². The smallest absolute Gasteiger partial charge is 0.305 e. The Labute approximate surface area is 110 Å². The molecule has 0 aromatic heterocycles. The molecule has 18 heavy (non-hydrogen) atoms. The van der Waals surface area contributed by atoms with E-state index in [0.717, 1.165) is 51.4 Å². The topological polar surface area (TPSA) is 43.4 Å². The lowest BCUT2D eigenvalue weighted by Gasteiger charge is -2.16. The third kappa shape index (κ3) is 4.79. The van der Waals surface area contributed by atoms with E-state index in [0.29, 0.717) is 24.0 Å². The van der Waals surface area contributed by atoms with E-state index in [-0.39, 0.29) is 5.97 Å². The van der Waals surface area contributed by atoms with Crippen LogP contribution < -0.4 is 0 Å². The molecule has 3 heteroatoms. The Morgan fingerprint density at radius 1 is 1.28 bits per heavy atom. The Balaban J connectivity index is 2.07. The lowest BCUT2D eigenvalue weighted by molar-refractivity contribution is -0.140. The molecule has 0 radical (unpaired) electrons. The van der Waals surface area contributed by atoms with Crippen LogP contribution in [-0.4, -0.2) is 18.9 Å². The lowest BCUT2D eigenvalue weighted by atomic mass is 9.88. The number of ketones is 1. The normalized spacial score (nSPS) is 23.3. The van der Waals surface area contributed by atoms with Gasteiger partial charge in [-0.15, -0.1) is 0 Å². The number of methoxy groups -OCH3 is 1. The molecule has 0 bridgehead atoms. The van der Waals surface area contributed by atoms with Crippen LogP contribution in [-0.2, 0) is 14.3 Å². The lowest BCUT2D eigenvalue weighted by Crippen LogP contribution is -2.14. The van der Waals surface area contributed by atoms with Gasteiger partial charge in [0.25, 0.3) is 0 Å². The van der Waals surface area contributed by atoms with Crippen molar-refractivity contribution in [1.29, 1.82) is 0 Å². The predicted molar refractivity (Wildman–Crippen MR) is 71.2 cm³/mol. The molecule has 1 aliphatic carbocycles. The summed E-state index contributed by atoms with van der Waals surface area (Å²) >= 11 is 0. The van der Waals surface area contributed by atoms with Crippen LogP contribution >= 0.6 is 0 Å². The maximum atomic E-state index is 11.7. The number of ether oxygens (including phenoxy) is 1. The van der Waals surface area contributed by atoms with Gasteiger partial charge in [-0.2, -0.15) is 0 Å². The first kappa shape index (κ1) is 15.2. The molecule has 0 aromatic rings. The summed E-state index contributed by atoms with van der Waals surface area (Å²) in [6, 6.07) is 0. The number of esters is 1. The second kappa shape index (κ2) is 8.28. The molecule has 1 saturated carbocycles. The molecule has 0 heterocycles. The van der Waals surface area contributed by atoms with Gasteiger partial charge in [-0.25, -0.2) is 0 Å². The Hall–Kier alpha value is -0.860. The Morgan fingerprint density at radius 2 is 2.00 bits per heavy atom. The van der Waals surface area contributed by atoms with Gasteiger partial charge in [0, 0.05) is 18.8 Å². The van der Waals surface area contributed by atoms with Crippen molar-refractivity contribution < 1.29 is 14.3 Å². The molecular formula is C15H26O3. The van der Waals surface area contributed by atoms with Crippen molar-refractivity contribution in [2.75, 3.05) is 7.11 Å². The molecule has 3 nitrogen and oxygen atoms in total. The minimum atomic E-state index is -0.119. The van der Waals surface area contributed by atoms with Gasteiger partial charge in [0.2, 0.25) is 0 Å². The highest BCUT2D eigenvalue weighted by molar-refractivity contribution is 5.83. The molecule has 0 spiro atoms. The first-order chi connectivity index (χ1) is 8.69. The molecular weight excluding hydrogens is 228 g/mol. The quantitative estimate of drug-likeness (QED) is 0.492. The largest absolute Gasteiger partial charge is 0.469 e. The first-order valence-corrected chi connectivity index (χ1v) is 7.28. The zero-order chi connectivity index (χ0) is 13.4. The van der Waals surface area contributed by atoms with Gasteiger partial charge in [-0.3, -0.25) is 9.59 Å². The van der Waals surface area contributed by atoms with E-state index in [1.54, 1.807) is 0 Å². The number of carbonyl (C=O) groups excluding carboxylic acids is 2. The summed E-state index contributed by atoms with van der Waals surface area (Å²) in [6.07, 6.45) is 8.82. The highest BCUT2D eigenvalue weighted by Gasteiger charge is 2.32. The van der Waals surface area contributed by atoms with Crippen molar-refractivity contribution in [2.24, 2.45) is 11.8 Å². The summed E-state index contributed by atoms with van der Waals surface area (Å²) < 4.78 is 4.60. The van der Waals surface area contributed by atoms with Crippen molar-refractivity contribution >= 4 is 11.8 Å². The van der Waals surface area contributed by atoms with Crippen LogP contribution in [0.5, 0.6) is 0 Å². The Kier molecular flexibility index (Phi) is 6.99. The number of rotatable bonds is 8.